The van der Waals surface area contributed by atoms with Crippen LogP contribution in [-0.2, 0) is 7.05 Å². The van der Waals surface area contributed by atoms with Gasteiger partial charge in [0.05, 0.1) is 39.9 Å². The summed E-state index contributed by atoms with van der Waals surface area (Å²) in [6, 6.07) is 24.8. The Morgan fingerprint density at radius 3 is 1.36 bits per heavy atom. The first kappa shape index (κ1) is 35.5. The first-order chi connectivity index (χ1) is 28.0. The lowest BCUT2D eigenvalue weighted by Gasteiger charge is -2.12. The molecule has 0 fully saturated rings. The zero-order valence-corrected chi connectivity index (χ0v) is 29.5. The van der Waals surface area contributed by atoms with Gasteiger partial charge in [0, 0.05) is 18.4 Å². The number of halogens is 6. The van der Waals surface area contributed by atoms with Gasteiger partial charge in [-0.15, -0.1) is 0 Å². The third kappa shape index (κ3) is 5.20. The van der Waals surface area contributed by atoms with Gasteiger partial charge >= 0.3 is 0 Å². The molecule has 0 atom stereocenters. The lowest BCUT2D eigenvalue weighted by molar-refractivity contribution is 0.598. The quantitative estimate of drug-likeness (QED) is 0.128. The van der Waals surface area contributed by atoms with Gasteiger partial charge in [-0.05, 0) is 60.7 Å². The van der Waals surface area contributed by atoms with Gasteiger partial charge in [0.1, 0.15) is 92.1 Å². The molecule has 15 heteroatoms. The molecule has 0 aliphatic carbocycles. The molecular formula is C43H19F6N9. The molecule has 0 saturated heterocycles. The average molecular weight is 776 g/mol. The topological polar surface area (TPSA) is 105 Å². The summed E-state index contributed by atoms with van der Waals surface area (Å²) in [6.07, 6.45) is 0. The molecule has 3 aromatic heterocycles. The first-order valence-electron chi connectivity index (χ1n) is 17.1. The molecule has 0 aliphatic rings. The average Bonchev–Trinajstić information content (AvgIpc) is 3.92. The molecule has 9 nitrogen and oxygen atoms in total. The molecule has 278 valence electrons. The summed E-state index contributed by atoms with van der Waals surface area (Å²) in [6.45, 7) is 7.31. The summed E-state index contributed by atoms with van der Waals surface area (Å²) in [5.74, 6) is -6.51. The smallest absolute Gasteiger partial charge is 0.224 e. The van der Waals surface area contributed by atoms with Crippen molar-refractivity contribution in [1.29, 1.82) is 10.5 Å². The summed E-state index contributed by atoms with van der Waals surface area (Å²) in [7, 11) is 1.50. The molecule has 58 heavy (non-hydrogen) atoms. The van der Waals surface area contributed by atoms with E-state index in [9.17, 15) is 10.5 Å². The van der Waals surface area contributed by atoms with E-state index in [2.05, 4.69) is 4.85 Å². The van der Waals surface area contributed by atoms with Crippen molar-refractivity contribution in [3.63, 3.8) is 0 Å². The van der Waals surface area contributed by atoms with Crippen molar-refractivity contribution in [2.75, 3.05) is 0 Å². The maximum atomic E-state index is 16.1. The Hall–Kier alpha value is -8.22. The molecule has 0 bridgehead atoms. The number of para-hydroxylation sites is 2. The van der Waals surface area contributed by atoms with E-state index in [1.54, 1.807) is 72.8 Å². The lowest BCUT2D eigenvalue weighted by atomic mass is 10.1. The highest BCUT2D eigenvalue weighted by Crippen LogP contribution is 2.44. The van der Waals surface area contributed by atoms with Crippen molar-refractivity contribution in [2.45, 2.75) is 0 Å². The second-order valence-corrected chi connectivity index (χ2v) is 13.0. The number of nitriles is 2. The Bertz CT molecular complexity index is 3280. The van der Waals surface area contributed by atoms with Crippen LogP contribution in [0.25, 0.3) is 83.5 Å². The predicted octanol–water partition coefficient (Wildman–Crippen LogP) is 10.4. The number of hydrogen-bond acceptors (Lipinski definition) is 5. The van der Waals surface area contributed by atoms with Gasteiger partial charge in [0.25, 0.3) is 0 Å². The number of aromatic nitrogens is 6. The standard InChI is InChI=1S/C43H19F6N9/c1-52-34-18-32(48)27(17-33(34)49)43-54-36-38-35(53-41(56(38)2)25-15-28(44)21(19-50)13-30(25)46)39-37(40(36)58(43)24-11-7-4-8-12-24)55-42(57(39)23-9-5-3-6-10-23)26-16-29(45)22(20-51)14-31(26)47/h3-18H,2H3. The molecule has 0 radical (unpaired) electrons. The van der Waals surface area contributed by atoms with E-state index in [0.29, 0.717) is 11.4 Å². The summed E-state index contributed by atoms with van der Waals surface area (Å²) in [5.41, 5.74) is -1.35. The minimum atomic E-state index is -1.03. The largest absolute Gasteiger partial charge is 0.325 e. The molecule has 9 aromatic rings. The van der Waals surface area contributed by atoms with E-state index in [4.69, 9.17) is 21.5 Å². The van der Waals surface area contributed by atoms with Gasteiger partial charge in [-0.1, -0.05) is 36.4 Å². The van der Waals surface area contributed by atoms with Gasteiger partial charge in [0.15, 0.2) is 0 Å². The van der Waals surface area contributed by atoms with Crippen LogP contribution in [0.2, 0.25) is 0 Å². The number of hydrogen-bond donors (Lipinski definition) is 0. The molecule has 0 unspecified atom stereocenters. The van der Waals surface area contributed by atoms with Crippen molar-refractivity contribution in [3.05, 3.63) is 155 Å². The molecule has 0 aliphatic heterocycles. The molecule has 0 saturated carbocycles. The zero-order valence-electron chi connectivity index (χ0n) is 29.5. The molecule has 0 N–H and O–H groups in total. The van der Waals surface area contributed by atoms with E-state index in [1.165, 1.54) is 20.7 Å². The number of aryl methyl sites for hydroxylation is 1. The van der Waals surface area contributed by atoms with Crippen LogP contribution in [-0.4, -0.2) is 28.7 Å². The predicted molar refractivity (Wildman–Crippen MR) is 202 cm³/mol. The summed E-state index contributed by atoms with van der Waals surface area (Å²) in [4.78, 5) is 17.6. The number of rotatable bonds is 5. The van der Waals surface area contributed by atoms with Crippen LogP contribution in [0.5, 0.6) is 0 Å². The fourth-order valence-electron chi connectivity index (χ4n) is 7.20. The minimum Gasteiger partial charge on any atom is -0.325 e. The van der Waals surface area contributed by atoms with Gasteiger partial charge in [-0.25, -0.2) is 46.1 Å². The molecule has 6 aromatic carbocycles. The number of fused-ring (bicyclic) bond motifs is 6. The lowest BCUT2D eigenvalue weighted by Crippen LogP contribution is -2.01. The van der Waals surface area contributed by atoms with Gasteiger partial charge < -0.3 is 4.57 Å². The Morgan fingerprint density at radius 2 is 0.914 bits per heavy atom. The van der Waals surface area contributed by atoms with Crippen LogP contribution >= 0.6 is 0 Å². The summed E-state index contributed by atoms with van der Waals surface area (Å²) < 4.78 is 98.2. The number of imidazole rings is 3. The van der Waals surface area contributed by atoms with Crippen molar-refractivity contribution < 1.29 is 26.3 Å². The SMILES string of the molecule is [C-]#[N+]c1cc(F)c(-c2nc3c4c(nc(-c5cc(F)c(C#N)cc5F)n4C)c4c(nc(-c5cc(F)c(C#N)cc5F)n4-c4ccccc4)c3n2-c2ccccc2)cc1F. The Morgan fingerprint density at radius 1 is 0.517 bits per heavy atom. The molecule has 0 amide bonds. The zero-order chi connectivity index (χ0) is 40.6. The Balaban J connectivity index is 1.55. The second kappa shape index (κ2) is 13.2. The third-order valence-corrected chi connectivity index (χ3v) is 9.79. The molecule has 9 rings (SSSR count). The van der Waals surface area contributed by atoms with Crippen molar-refractivity contribution in [1.82, 2.24) is 28.7 Å². The van der Waals surface area contributed by atoms with E-state index < -0.39 is 51.7 Å². The Kier molecular flexibility index (Phi) is 8.09. The van der Waals surface area contributed by atoms with Crippen molar-refractivity contribution >= 4 is 38.8 Å². The monoisotopic (exact) mass is 775 g/mol. The second-order valence-electron chi connectivity index (χ2n) is 13.0. The highest BCUT2D eigenvalue weighted by Gasteiger charge is 2.31. The third-order valence-electron chi connectivity index (χ3n) is 9.79. The number of benzene rings is 6. The highest BCUT2D eigenvalue weighted by molar-refractivity contribution is 6.21. The van der Waals surface area contributed by atoms with Crippen molar-refractivity contribution in [2.24, 2.45) is 7.05 Å². The van der Waals surface area contributed by atoms with Crippen LogP contribution in [0.3, 0.4) is 0 Å². The van der Waals surface area contributed by atoms with Gasteiger partial charge in [-0.2, -0.15) is 10.5 Å². The maximum Gasteiger partial charge on any atom is 0.224 e. The van der Waals surface area contributed by atoms with Gasteiger partial charge in [-0.3, -0.25) is 9.13 Å². The van der Waals surface area contributed by atoms with Crippen LogP contribution in [0.15, 0.2) is 97.1 Å². The van der Waals surface area contributed by atoms with Crippen LogP contribution in [0.1, 0.15) is 11.1 Å². The molecule has 3 heterocycles. The van der Waals surface area contributed by atoms with Crippen LogP contribution in [0, 0.1) is 64.1 Å². The van der Waals surface area contributed by atoms with E-state index >= 15 is 26.3 Å². The number of nitrogens with zero attached hydrogens (tertiary/aromatic N) is 9. The molecular weight excluding hydrogens is 757 g/mol. The van der Waals surface area contributed by atoms with E-state index in [1.807, 2.05) is 0 Å². The molecule has 0 spiro atoms. The van der Waals surface area contributed by atoms with Crippen LogP contribution < -0.4 is 0 Å². The summed E-state index contributed by atoms with van der Waals surface area (Å²) >= 11 is 0. The summed E-state index contributed by atoms with van der Waals surface area (Å²) in [5, 5.41) is 18.8. The van der Waals surface area contributed by atoms with Crippen LogP contribution in [0.4, 0.5) is 32.0 Å². The highest BCUT2D eigenvalue weighted by atomic mass is 19.1. The van der Waals surface area contributed by atoms with Gasteiger partial charge in [0.2, 0.25) is 5.69 Å². The van der Waals surface area contributed by atoms with Crippen molar-refractivity contribution in [3.8, 4) is 57.7 Å². The Labute approximate surface area is 323 Å². The minimum absolute atomic E-state index is 0.0444. The van der Waals surface area contributed by atoms with E-state index in [0.717, 1.165) is 36.4 Å². The first-order valence-corrected chi connectivity index (χ1v) is 17.1. The fourth-order valence-corrected chi connectivity index (χ4v) is 7.20. The van der Waals surface area contributed by atoms with E-state index in [-0.39, 0.29) is 67.3 Å². The fraction of sp³-hybridized carbons (Fsp3) is 0.0233. The maximum absolute atomic E-state index is 16.1. The normalized spacial score (nSPS) is 11.3.